The molecule has 2 aliphatic rings. The molecule has 45 heavy (non-hydrogen) atoms. The summed E-state index contributed by atoms with van der Waals surface area (Å²) in [6.07, 6.45) is 15.1. The molecule has 2 fully saturated rings. The van der Waals surface area contributed by atoms with E-state index in [1.54, 1.807) is 31.3 Å². The van der Waals surface area contributed by atoms with Crippen LogP contribution in [0, 0.1) is 0 Å². The molecule has 1 N–H and O–H groups in total. The Labute approximate surface area is 266 Å². The summed E-state index contributed by atoms with van der Waals surface area (Å²) in [5.74, 6) is 0.978. The molecule has 1 saturated heterocycles. The highest BCUT2D eigenvalue weighted by molar-refractivity contribution is 7.17. The van der Waals surface area contributed by atoms with E-state index in [1.807, 2.05) is 30.5 Å². The topological polar surface area (TPSA) is 106 Å². The van der Waals surface area contributed by atoms with Gasteiger partial charge in [0.25, 0.3) is 5.91 Å². The fourth-order valence-corrected chi connectivity index (χ4v) is 6.92. The van der Waals surface area contributed by atoms with Crippen molar-refractivity contribution in [3.63, 3.8) is 0 Å². The lowest BCUT2D eigenvalue weighted by Crippen LogP contribution is -2.36. The molecule has 0 bridgehead atoms. The predicted molar refractivity (Wildman–Crippen MR) is 181 cm³/mol. The van der Waals surface area contributed by atoms with Gasteiger partial charge in [0.15, 0.2) is 11.5 Å². The SMILES string of the molecule is C\C=C(/C=C(\C=C/CC)c1csc2c(=O)cc(N3CCOCC3)oc12)Nc1ncc2cc(C(=O)N(C)C)n(C3CCCC3)c2n1. The minimum atomic E-state index is -0.0451. The van der Waals surface area contributed by atoms with Gasteiger partial charge in [-0.3, -0.25) is 9.59 Å². The van der Waals surface area contributed by atoms with Crippen molar-refractivity contribution >= 4 is 56.0 Å². The second-order valence-corrected chi connectivity index (χ2v) is 12.5. The molecule has 10 nitrogen and oxygen atoms in total. The number of carbonyl (C=O) groups excluding carboxylic acids is 1. The second kappa shape index (κ2) is 13.4. The van der Waals surface area contributed by atoms with Crippen molar-refractivity contribution in [1.82, 2.24) is 19.4 Å². The van der Waals surface area contributed by atoms with Crippen molar-refractivity contribution in [3.8, 4) is 0 Å². The second-order valence-electron chi connectivity index (χ2n) is 11.6. The summed E-state index contributed by atoms with van der Waals surface area (Å²) in [6.45, 7) is 6.60. The number of hydrogen-bond donors (Lipinski definition) is 1. The maximum Gasteiger partial charge on any atom is 0.270 e. The van der Waals surface area contributed by atoms with Gasteiger partial charge in [-0.1, -0.05) is 38.0 Å². The summed E-state index contributed by atoms with van der Waals surface area (Å²) >= 11 is 1.40. The van der Waals surface area contributed by atoms with Crippen molar-refractivity contribution in [2.75, 3.05) is 50.6 Å². The number of ether oxygens (including phenoxy) is 1. The molecular formula is C34H40N6O4S. The van der Waals surface area contributed by atoms with Gasteiger partial charge in [0.2, 0.25) is 11.4 Å². The van der Waals surface area contributed by atoms with Crippen LogP contribution in [0.2, 0.25) is 0 Å². The van der Waals surface area contributed by atoms with Crippen LogP contribution in [-0.2, 0) is 4.74 Å². The summed E-state index contributed by atoms with van der Waals surface area (Å²) in [7, 11) is 3.55. The Balaban J connectivity index is 1.37. The Bertz CT molecular complexity index is 1850. The number of fused-ring (bicyclic) bond motifs is 2. The van der Waals surface area contributed by atoms with Crippen molar-refractivity contribution < 1.29 is 13.9 Å². The first-order valence-electron chi connectivity index (χ1n) is 15.7. The Kier molecular flexibility index (Phi) is 9.18. The largest absolute Gasteiger partial charge is 0.439 e. The molecule has 4 aromatic rings. The number of nitrogens with one attached hydrogen (secondary N) is 1. The molecular weight excluding hydrogens is 588 g/mol. The number of rotatable bonds is 9. The molecule has 0 atom stereocenters. The van der Waals surface area contributed by atoms with Gasteiger partial charge in [-0.15, -0.1) is 11.3 Å². The monoisotopic (exact) mass is 628 g/mol. The zero-order valence-electron chi connectivity index (χ0n) is 26.3. The maximum atomic E-state index is 13.1. The number of thiophene rings is 1. The van der Waals surface area contributed by atoms with Crippen LogP contribution in [0.15, 0.2) is 62.9 Å². The van der Waals surface area contributed by atoms with Crippen LogP contribution in [-0.4, -0.2) is 65.7 Å². The average molecular weight is 629 g/mol. The molecule has 1 amide bonds. The maximum absolute atomic E-state index is 13.1. The number of aromatic nitrogens is 3. The molecule has 0 aromatic carbocycles. The first-order valence-corrected chi connectivity index (χ1v) is 16.6. The van der Waals surface area contributed by atoms with E-state index in [-0.39, 0.29) is 17.4 Å². The minimum Gasteiger partial charge on any atom is -0.439 e. The minimum absolute atomic E-state index is 0.0368. The highest BCUT2D eigenvalue weighted by atomic mass is 32.1. The Morgan fingerprint density at radius 1 is 1.20 bits per heavy atom. The van der Waals surface area contributed by atoms with Crippen LogP contribution in [0.5, 0.6) is 0 Å². The lowest BCUT2D eigenvalue weighted by molar-refractivity contribution is 0.0815. The zero-order chi connectivity index (χ0) is 31.5. The standard InChI is InChI=1S/C34H40N6O4S/c1-5-7-10-22(26-21-45-31-28(41)19-29(44-30(26)31)39-13-15-43-16-14-39)17-24(6-2)36-34-35-20-23-18-27(33(42)38(3)4)40(32(23)37-34)25-11-8-9-12-25/h6-7,10,17-21,25H,5,8-9,11-16H2,1-4H3,(H,35,36,37)/b10-7-,22-17+,24-6+. The molecule has 1 aliphatic carbocycles. The molecule has 11 heteroatoms. The summed E-state index contributed by atoms with van der Waals surface area (Å²) in [6, 6.07) is 3.73. The third kappa shape index (κ3) is 6.32. The molecule has 6 rings (SSSR count). The number of nitrogens with zero attached hydrogens (tertiary/aromatic N) is 5. The van der Waals surface area contributed by atoms with Gasteiger partial charge >= 0.3 is 0 Å². The summed E-state index contributed by atoms with van der Waals surface area (Å²) in [4.78, 5) is 39.5. The van der Waals surface area contributed by atoms with Crippen LogP contribution in [0.4, 0.5) is 11.8 Å². The molecule has 1 saturated carbocycles. The van der Waals surface area contributed by atoms with E-state index in [0.717, 1.165) is 60.0 Å². The normalized spacial score (nSPS) is 16.8. The van der Waals surface area contributed by atoms with Gasteiger partial charge in [0.1, 0.15) is 16.0 Å². The molecule has 0 unspecified atom stereocenters. The summed E-state index contributed by atoms with van der Waals surface area (Å²) < 4.78 is 14.6. The van der Waals surface area contributed by atoms with E-state index >= 15 is 0 Å². The molecule has 1 aliphatic heterocycles. The van der Waals surface area contributed by atoms with Gasteiger partial charge in [0.05, 0.1) is 13.2 Å². The molecule has 5 heterocycles. The van der Waals surface area contributed by atoms with E-state index in [9.17, 15) is 9.59 Å². The molecule has 236 valence electrons. The van der Waals surface area contributed by atoms with Crippen LogP contribution >= 0.6 is 11.3 Å². The summed E-state index contributed by atoms with van der Waals surface area (Å²) in [5.41, 5.74) is 4.49. The van der Waals surface area contributed by atoms with E-state index < -0.39 is 0 Å². The lowest BCUT2D eigenvalue weighted by Gasteiger charge is -2.27. The average Bonchev–Trinajstić information content (AvgIpc) is 3.81. The first kappa shape index (κ1) is 30.8. The van der Waals surface area contributed by atoms with Crippen LogP contribution < -0.4 is 15.6 Å². The van der Waals surface area contributed by atoms with Crippen molar-refractivity contribution in [2.45, 2.75) is 52.0 Å². The number of allylic oxidation sites excluding steroid dienone is 5. The third-order valence-electron chi connectivity index (χ3n) is 8.37. The lowest BCUT2D eigenvalue weighted by atomic mass is 10.1. The van der Waals surface area contributed by atoms with Gasteiger partial charge in [-0.25, -0.2) is 4.98 Å². The van der Waals surface area contributed by atoms with E-state index in [4.69, 9.17) is 14.1 Å². The number of anilines is 2. The molecule has 0 radical (unpaired) electrons. The molecule has 0 spiro atoms. The smallest absolute Gasteiger partial charge is 0.270 e. The van der Waals surface area contributed by atoms with E-state index in [0.29, 0.717) is 54.1 Å². The quantitative estimate of drug-likeness (QED) is 0.206. The molecule has 4 aromatic heterocycles. The first-order chi connectivity index (χ1) is 21.9. The number of morpholine rings is 1. The van der Waals surface area contributed by atoms with Crippen LogP contribution in [0.3, 0.4) is 0 Å². The predicted octanol–water partition coefficient (Wildman–Crippen LogP) is 6.62. The van der Waals surface area contributed by atoms with E-state index in [1.165, 1.54) is 11.3 Å². The Morgan fingerprint density at radius 3 is 2.69 bits per heavy atom. The van der Waals surface area contributed by atoms with E-state index in [2.05, 4.69) is 38.8 Å². The Hall–Kier alpha value is -4.22. The van der Waals surface area contributed by atoms with Gasteiger partial charge in [-0.05, 0) is 43.9 Å². The zero-order valence-corrected chi connectivity index (χ0v) is 27.2. The van der Waals surface area contributed by atoms with Gasteiger partial charge in [-0.2, -0.15) is 4.98 Å². The fraction of sp³-hybridized carbons (Fsp3) is 0.412. The van der Waals surface area contributed by atoms with Gasteiger partial charge in [0, 0.05) is 67.5 Å². The van der Waals surface area contributed by atoms with Crippen molar-refractivity contribution in [2.24, 2.45) is 0 Å². The Morgan fingerprint density at radius 2 is 1.98 bits per heavy atom. The fourth-order valence-electron chi connectivity index (χ4n) is 6.01. The third-order valence-corrected chi connectivity index (χ3v) is 9.34. The van der Waals surface area contributed by atoms with Gasteiger partial charge < -0.3 is 28.8 Å². The number of hydrogen-bond acceptors (Lipinski definition) is 9. The number of carbonyl (C=O) groups is 1. The summed E-state index contributed by atoms with van der Waals surface area (Å²) in [5, 5.41) is 6.23. The van der Waals surface area contributed by atoms with Crippen LogP contribution in [0.25, 0.3) is 26.9 Å². The van der Waals surface area contributed by atoms with Crippen LogP contribution in [0.1, 0.15) is 68.0 Å². The van der Waals surface area contributed by atoms with Crippen molar-refractivity contribution in [3.05, 3.63) is 75.2 Å². The highest BCUT2D eigenvalue weighted by Gasteiger charge is 2.26. The van der Waals surface area contributed by atoms with Crippen molar-refractivity contribution in [1.29, 1.82) is 0 Å². The highest BCUT2D eigenvalue weighted by Crippen LogP contribution is 2.36. The number of amides is 1.